The molecule has 2 aliphatic rings. The number of amides is 1. The summed E-state index contributed by atoms with van der Waals surface area (Å²) in [6.45, 7) is 9.67. The summed E-state index contributed by atoms with van der Waals surface area (Å²) in [6.07, 6.45) is 0.648. The van der Waals surface area contributed by atoms with E-state index in [-0.39, 0.29) is 58.7 Å². The number of Topliss-reactive ketones (excluding diaryl/α,β-unsaturated/α-hetero) is 1. The molecule has 45 heavy (non-hydrogen) atoms. The van der Waals surface area contributed by atoms with E-state index in [4.69, 9.17) is 9.15 Å². The van der Waals surface area contributed by atoms with Crippen molar-refractivity contribution in [3.8, 4) is 11.5 Å². The highest BCUT2D eigenvalue weighted by molar-refractivity contribution is 6.12. The number of hydrogen-bond acceptors (Lipinski definition) is 7. The first kappa shape index (κ1) is 30.1. The second kappa shape index (κ2) is 11.5. The van der Waals surface area contributed by atoms with Crippen molar-refractivity contribution in [2.24, 2.45) is 5.41 Å². The fourth-order valence-corrected chi connectivity index (χ4v) is 6.10. The van der Waals surface area contributed by atoms with E-state index in [1.54, 1.807) is 31.2 Å². The highest BCUT2D eigenvalue weighted by Crippen LogP contribution is 2.51. The lowest BCUT2D eigenvalue weighted by atomic mass is 9.73. The van der Waals surface area contributed by atoms with Crippen LogP contribution in [0.25, 0.3) is 0 Å². The predicted molar refractivity (Wildman–Crippen MR) is 169 cm³/mol. The predicted octanol–water partition coefficient (Wildman–Crippen LogP) is 7.99. The van der Waals surface area contributed by atoms with E-state index in [9.17, 15) is 14.7 Å². The smallest absolute Gasteiger partial charge is 0.281 e. The summed E-state index contributed by atoms with van der Waals surface area (Å²) in [5.74, 6) is -0.642. The molecule has 0 radical (unpaired) electrons. The number of phenolic OH excluding ortho intramolecular Hbond substituents is 1. The molecule has 1 unspecified atom stereocenters. The Balaban J connectivity index is 1.54. The Labute approximate surface area is 261 Å². The topological polar surface area (TPSA) is 105 Å². The number of carbonyl (C=O) groups excluding carboxylic acids is 2. The molecule has 1 amide bonds. The number of nitrogens with one attached hydrogen (secondary N) is 1. The van der Waals surface area contributed by atoms with E-state index in [0.717, 1.165) is 5.56 Å². The first-order valence-corrected chi connectivity index (χ1v) is 15.1. The van der Waals surface area contributed by atoms with E-state index in [0.29, 0.717) is 29.5 Å². The zero-order valence-electron chi connectivity index (χ0n) is 26.0. The number of aromatic nitrogens is 1. The van der Waals surface area contributed by atoms with Gasteiger partial charge in [0.25, 0.3) is 5.91 Å². The molecule has 232 valence electrons. The maximum Gasteiger partial charge on any atom is 0.281 e. The van der Waals surface area contributed by atoms with Gasteiger partial charge in [0.1, 0.15) is 35.4 Å². The van der Waals surface area contributed by atoms with Crippen molar-refractivity contribution in [2.75, 3.05) is 10.2 Å². The van der Waals surface area contributed by atoms with Crippen LogP contribution in [0.5, 0.6) is 11.5 Å². The van der Waals surface area contributed by atoms with Crippen molar-refractivity contribution in [3.63, 3.8) is 0 Å². The number of phenols is 1. The molecule has 0 spiro atoms. The van der Waals surface area contributed by atoms with Gasteiger partial charge in [0.05, 0.1) is 11.7 Å². The molecular formula is C36H36FN3O5. The Morgan fingerprint density at radius 3 is 2.58 bits per heavy atom. The van der Waals surface area contributed by atoms with Gasteiger partial charge in [-0.3, -0.25) is 14.5 Å². The summed E-state index contributed by atoms with van der Waals surface area (Å²) < 4.78 is 28.1. The first-order valence-electron chi connectivity index (χ1n) is 15.1. The molecule has 2 N–H and O–H groups in total. The quantitative estimate of drug-likeness (QED) is 0.214. The Hall–Kier alpha value is -4.92. The monoisotopic (exact) mass is 609 g/mol. The van der Waals surface area contributed by atoms with Crippen LogP contribution in [0.15, 0.2) is 82.4 Å². The van der Waals surface area contributed by atoms with Gasteiger partial charge in [-0.25, -0.2) is 9.37 Å². The maximum absolute atomic E-state index is 16.4. The second-order valence-electron chi connectivity index (χ2n) is 12.8. The van der Waals surface area contributed by atoms with Crippen molar-refractivity contribution in [1.82, 2.24) is 4.98 Å². The zero-order chi connectivity index (χ0) is 32.0. The summed E-state index contributed by atoms with van der Waals surface area (Å²) >= 11 is 0. The fourth-order valence-electron chi connectivity index (χ4n) is 6.10. The van der Waals surface area contributed by atoms with Crippen LogP contribution in [0.2, 0.25) is 0 Å². The van der Waals surface area contributed by atoms with Crippen LogP contribution >= 0.6 is 0 Å². The van der Waals surface area contributed by atoms with Gasteiger partial charge in [0.2, 0.25) is 0 Å². The zero-order valence-corrected chi connectivity index (χ0v) is 26.0. The number of rotatable bonds is 6. The summed E-state index contributed by atoms with van der Waals surface area (Å²) in [4.78, 5) is 34.5. The van der Waals surface area contributed by atoms with Crippen molar-refractivity contribution in [1.29, 1.82) is 0 Å². The first-order chi connectivity index (χ1) is 21.4. The number of aryl methyl sites for hydroxylation is 1. The number of benzene rings is 3. The molecule has 8 nitrogen and oxygen atoms in total. The number of ketones is 1. The molecule has 0 fully saturated rings. The molecule has 0 saturated heterocycles. The molecule has 0 bridgehead atoms. The van der Waals surface area contributed by atoms with Gasteiger partial charge in [-0.15, -0.1) is 0 Å². The molecule has 1 aromatic heterocycles. The lowest BCUT2D eigenvalue weighted by molar-refractivity contribution is -0.118. The third-order valence-electron chi connectivity index (χ3n) is 8.25. The second-order valence-corrected chi connectivity index (χ2v) is 12.8. The van der Waals surface area contributed by atoms with Crippen LogP contribution in [0.3, 0.4) is 0 Å². The average Bonchev–Trinajstić information content (AvgIpc) is 3.31. The van der Waals surface area contributed by atoms with Gasteiger partial charge in [-0.1, -0.05) is 64.1 Å². The molecular weight excluding hydrogens is 573 g/mol. The van der Waals surface area contributed by atoms with E-state index < -0.39 is 23.2 Å². The van der Waals surface area contributed by atoms with E-state index in [1.165, 1.54) is 17.0 Å². The van der Waals surface area contributed by atoms with Gasteiger partial charge in [-0.2, -0.15) is 0 Å². The SMILES string of the molecule is Cc1oc(C(C)C)nc1C(=O)N1c2cccc(O)c2NC2=C(C(=O)CC(C)(C)C2)C1c1ccc(OCc2ccccc2)cc1F. The number of aromatic hydroxyl groups is 1. The highest BCUT2D eigenvalue weighted by Gasteiger charge is 2.45. The molecule has 3 aromatic carbocycles. The van der Waals surface area contributed by atoms with Gasteiger partial charge in [0, 0.05) is 35.2 Å². The van der Waals surface area contributed by atoms with Gasteiger partial charge >= 0.3 is 0 Å². The number of halogens is 1. The molecule has 6 rings (SSSR count). The molecule has 0 saturated carbocycles. The van der Waals surface area contributed by atoms with Crippen LogP contribution in [0, 0.1) is 18.2 Å². The normalized spacial score (nSPS) is 17.4. The van der Waals surface area contributed by atoms with Gasteiger partial charge in [-0.05, 0) is 48.6 Å². The number of anilines is 2. The van der Waals surface area contributed by atoms with Crippen molar-refractivity contribution in [3.05, 3.63) is 112 Å². The minimum absolute atomic E-state index is 0.0499. The standard InChI is InChI=1S/C36H36FN3O5/c1-20(2)34-39-31(21(3)45-34)35(43)40-27-12-9-13-28(41)32(27)38-26-17-36(4,5)18-29(42)30(26)33(40)24-15-14-23(16-25(24)37)44-19-22-10-7-6-8-11-22/h6-16,20,33,38,41H,17-19H2,1-5H3. The van der Waals surface area contributed by atoms with E-state index >= 15 is 4.39 Å². The third-order valence-corrected chi connectivity index (χ3v) is 8.25. The lowest BCUT2D eigenvalue weighted by Gasteiger charge is -2.37. The number of nitrogens with zero attached hydrogens (tertiary/aromatic N) is 2. The summed E-state index contributed by atoms with van der Waals surface area (Å²) in [5.41, 5.74) is 2.01. The lowest BCUT2D eigenvalue weighted by Crippen LogP contribution is -2.40. The third kappa shape index (κ3) is 5.70. The van der Waals surface area contributed by atoms with E-state index in [2.05, 4.69) is 10.3 Å². The number of carbonyl (C=O) groups is 2. The molecule has 1 aliphatic heterocycles. The largest absolute Gasteiger partial charge is 0.506 e. The number of fused-ring (bicyclic) bond motifs is 1. The number of para-hydroxylation sites is 1. The highest BCUT2D eigenvalue weighted by atomic mass is 19.1. The summed E-state index contributed by atoms with van der Waals surface area (Å²) in [7, 11) is 0. The van der Waals surface area contributed by atoms with Crippen LogP contribution < -0.4 is 15.0 Å². The number of ether oxygens (including phenoxy) is 1. The number of allylic oxidation sites excluding steroid dienone is 1. The Morgan fingerprint density at radius 1 is 1.13 bits per heavy atom. The molecule has 1 atom stereocenters. The Morgan fingerprint density at radius 2 is 1.89 bits per heavy atom. The number of oxazole rings is 1. The molecule has 2 heterocycles. The van der Waals surface area contributed by atoms with Crippen molar-refractivity contribution < 1.29 is 28.2 Å². The maximum atomic E-state index is 16.4. The average molecular weight is 610 g/mol. The van der Waals surface area contributed by atoms with Crippen molar-refractivity contribution >= 4 is 23.1 Å². The van der Waals surface area contributed by atoms with Crippen LogP contribution in [0.1, 0.15) is 85.8 Å². The molecule has 1 aliphatic carbocycles. The van der Waals surface area contributed by atoms with Crippen LogP contribution in [0.4, 0.5) is 15.8 Å². The molecule has 9 heteroatoms. The minimum Gasteiger partial charge on any atom is -0.506 e. The van der Waals surface area contributed by atoms with Crippen LogP contribution in [-0.2, 0) is 11.4 Å². The van der Waals surface area contributed by atoms with Gasteiger partial charge in [0.15, 0.2) is 17.4 Å². The number of hydrogen-bond donors (Lipinski definition) is 2. The Bertz CT molecular complexity index is 1830. The Kier molecular flexibility index (Phi) is 7.72. The summed E-state index contributed by atoms with van der Waals surface area (Å²) in [6, 6.07) is 17.6. The van der Waals surface area contributed by atoms with Crippen molar-refractivity contribution in [2.45, 2.75) is 66.0 Å². The fraction of sp³-hybridized carbons (Fsp3) is 0.306. The summed E-state index contributed by atoms with van der Waals surface area (Å²) in [5, 5.41) is 14.3. The van der Waals surface area contributed by atoms with Gasteiger partial charge < -0.3 is 19.6 Å². The molecule has 4 aromatic rings. The van der Waals surface area contributed by atoms with Crippen LogP contribution in [-0.4, -0.2) is 21.8 Å². The van der Waals surface area contributed by atoms with E-state index in [1.807, 2.05) is 58.0 Å². The minimum atomic E-state index is -1.17.